The number of hydrogen-bond acceptors (Lipinski definition) is 4. The molecule has 0 radical (unpaired) electrons. The number of carbonyl (C=O) groups excluding carboxylic acids is 1. The van der Waals surface area contributed by atoms with Gasteiger partial charge in [-0.1, -0.05) is 64.3 Å². The second kappa shape index (κ2) is 12.3. The molecule has 30 heavy (non-hydrogen) atoms. The molecule has 172 valence electrons. The van der Waals surface area contributed by atoms with Gasteiger partial charge in [0.15, 0.2) is 0 Å². The Morgan fingerprint density at radius 3 is 2.37 bits per heavy atom. The summed E-state index contributed by atoms with van der Waals surface area (Å²) in [5, 5.41) is 31.8. The average molecular weight is 424 g/mol. The highest BCUT2D eigenvalue weighted by Gasteiger charge is 2.48. The fraction of sp³-hybridized carbons (Fsp3) is 0.750. The van der Waals surface area contributed by atoms with E-state index in [1.54, 1.807) is 6.92 Å². The van der Waals surface area contributed by atoms with Crippen LogP contribution in [0.2, 0.25) is 0 Å². The van der Waals surface area contributed by atoms with Crippen molar-refractivity contribution in [1.82, 2.24) is 5.32 Å². The molecule has 0 unspecified atom stereocenters. The molecule has 0 aromatic carbocycles. The third-order valence-corrected chi connectivity index (χ3v) is 6.30. The Bertz CT molecular complexity index is 609. The lowest BCUT2D eigenvalue weighted by Crippen LogP contribution is -2.51. The SMILES string of the molecule is CCCCCC/C=C/[C@@H]1[C@@H](C/C=C\CC(C)(C)C(O)(O)C(=O)O)CC[C@H]1NC(C)=O. The van der Waals surface area contributed by atoms with E-state index in [-0.39, 0.29) is 24.3 Å². The molecule has 6 nitrogen and oxygen atoms in total. The van der Waals surface area contributed by atoms with Crippen LogP contribution in [0.1, 0.15) is 85.5 Å². The van der Waals surface area contributed by atoms with Crippen LogP contribution in [0.5, 0.6) is 0 Å². The van der Waals surface area contributed by atoms with Gasteiger partial charge >= 0.3 is 5.97 Å². The molecule has 1 rings (SSSR count). The number of unbranched alkanes of at least 4 members (excludes halogenated alkanes) is 4. The predicted molar refractivity (Wildman–Crippen MR) is 119 cm³/mol. The van der Waals surface area contributed by atoms with Gasteiger partial charge in [-0.05, 0) is 44.4 Å². The lowest BCUT2D eigenvalue weighted by Gasteiger charge is -2.33. The summed E-state index contributed by atoms with van der Waals surface area (Å²) in [4.78, 5) is 22.7. The average Bonchev–Trinajstić information content (AvgIpc) is 3.02. The van der Waals surface area contributed by atoms with Crippen LogP contribution in [-0.4, -0.2) is 39.0 Å². The van der Waals surface area contributed by atoms with Crippen LogP contribution in [0.3, 0.4) is 0 Å². The Labute approximate surface area is 181 Å². The Morgan fingerprint density at radius 1 is 1.07 bits per heavy atom. The summed E-state index contributed by atoms with van der Waals surface area (Å²) in [6.07, 6.45) is 17.4. The Hall–Kier alpha value is -1.66. The second-order valence-corrected chi connectivity index (χ2v) is 9.27. The Kier molecular flexibility index (Phi) is 10.8. The largest absolute Gasteiger partial charge is 0.477 e. The fourth-order valence-corrected chi connectivity index (χ4v) is 4.13. The highest BCUT2D eigenvalue weighted by Crippen LogP contribution is 2.37. The molecule has 1 amide bonds. The van der Waals surface area contributed by atoms with Crippen molar-refractivity contribution in [3.63, 3.8) is 0 Å². The number of nitrogens with one attached hydrogen (secondary N) is 1. The number of amides is 1. The van der Waals surface area contributed by atoms with Gasteiger partial charge in [0.1, 0.15) is 0 Å². The molecule has 1 saturated carbocycles. The van der Waals surface area contributed by atoms with Crippen molar-refractivity contribution in [3.05, 3.63) is 24.3 Å². The standard InChI is InChI=1S/C24H41NO5/c1-5-6-7-8-9-10-14-20-19(15-16-21(20)25-18(2)26)13-11-12-17-23(3,4)24(29,30)22(27)28/h10-12,14,19-21,29-30H,5-9,13,15-17H2,1-4H3,(H,25,26)(H,27,28)/b12-11-,14-10+/t19-,20+,21+/m0/s1. The molecule has 0 spiro atoms. The van der Waals surface area contributed by atoms with Gasteiger partial charge in [-0.2, -0.15) is 0 Å². The monoisotopic (exact) mass is 423 g/mol. The quantitative estimate of drug-likeness (QED) is 0.202. The van der Waals surface area contributed by atoms with E-state index in [4.69, 9.17) is 5.11 Å². The van der Waals surface area contributed by atoms with E-state index < -0.39 is 17.2 Å². The molecule has 1 aliphatic rings. The van der Waals surface area contributed by atoms with Crippen molar-refractivity contribution in [2.24, 2.45) is 17.3 Å². The zero-order valence-electron chi connectivity index (χ0n) is 19.1. The topological polar surface area (TPSA) is 107 Å². The molecule has 1 fully saturated rings. The van der Waals surface area contributed by atoms with Crippen LogP contribution in [0.4, 0.5) is 0 Å². The minimum atomic E-state index is -2.77. The van der Waals surface area contributed by atoms with Crippen LogP contribution in [0.25, 0.3) is 0 Å². The minimum Gasteiger partial charge on any atom is -0.477 e. The van der Waals surface area contributed by atoms with Gasteiger partial charge in [-0.3, -0.25) is 4.79 Å². The molecule has 0 heterocycles. The number of aliphatic carboxylic acids is 1. The van der Waals surface area contributed by atoms with Gasteiger partial charge < -0.3 is 20.6 Å². The second-order valence-electron chi connectivity index (χ2n) is 9.27. The van der Waals surface area contributed by atoms with Crippen LogP contribution in [0, 0.1) is 17.3 Å². The number of carboxylic acids is 1. The van der Waals surface area contributed by atoms with E-state index in [0.29, 0.717) is 5.92 Å². The molecular weight excluding hydrogens is 382 g/mol. The maximum atomic E-state index is 11.6. The summed E-state index contributed by atoms with van der Waals surface area (Å²) in [5.41, 5.74) is -1.21. The molecule has 0 saturated heterocycles. The van der Waals surface area contributed by atoms with Crippen molar-refractivity contribution >= 4 is 11.9 Å². The Morgan fingerprint density at radius 2 is 1.77 bits per heavy atom. The predicted octanol–water partition coefficient (Wildman–Crippen LogP) is 4.17. The maximum absolute atomic E-state index is 11.6. The zero-order valence-corrected chi connectivity index (χ0v) is 19.1. The van der Waals surface area contributed by atoms with E-state index >= 15 is 0 Å². The molecule has 3 atom stereocenters. The van der Waals surface area contributed by atoms with Crippen molar-refractivity contribution in [3.8, 4) is 0 Å². The van der Waals surface area contributed by atoms with E-state index in [0.717, 1.165) is 25.7 Å². The first-order valence-corrected chi connectivity index (χ1v) is 11.3. The van der Waals surface area contributed by atoms with E-state index in [1.807, 2.05) is 12.2 Å². The van der Waals surface area contributed by atoms with Crippen LogP contribution >= 0.6 is 0 Å². The third-order valence-electron chi connectivity index (χ3n) is 6.30. The summed E-state index contributed by atoms with van der Waals surface area (Å²) >= 11 is 0. The summed E-state index contributed by atoms with van der Waals surface area (Å²) in [5.74, 6) is -3.73. The number of hydrogen-bond donors (Lipinski definition) is 4. The summed E-state index contributed by atoms with van der Waals surface area (Å²) in [6.45, 7) is 6.81. The number of aliphatic hydroxyl groups is 2. The number of carbonyl (C=O) groups is 2. The van der Waals surface area contributed by atoms with Crippen molar-refractivity contribution in [2.75, 3.05) is 0 Å². The Balaban J connectivity index is 2.68. The molecule has 0 bridgehead atoms. The minimum absolute atomic E-state index is 0.00445. The molecule has 0 aromatic heterocycles. The molecule has 0 aromatic rings. The normalized spacial score (nSPS) is 22.8. The van der Waals surface area contributed by atoms with Gasteiger partial charge in [-0.15, -0.1) is 0 Å². The first-order valence-electron chi connectivity index (χ1n) is 11.3. The van der Waals surface area contributed by atoms with Crippen molar-refractivity contribution in [2.45, 2.75) is 97.3 Å². The van der Waals surface area contributed by atoms with Gasteiger partial charge in [0.2, 0.25) is 5.91 Å². The molecule has 1 aliphatic carbocycles. The maximum Gasteiger partial charge on any atom is 0.364 e. The van der Waals surface area contributed by atoms with E-state index in [1.165, 1.54) is 39.5 Å². The smallest absolute Gasteiger partial charge is 0.364 e. The molecule has 6 heteroatoms. The number of allylic oxidation sites excluding steroid dienone is 3. The van der Waals surface area contributed by atoms with E-state index in [9.17, 15) is 19.8 Å². The summed E-state index contributed by atoms with van der Waals surface area (Å²) in [7, 11) is 0. The number of carboxylic acid groups (broad SMARTS) is 1. The van der Waals surface area contributed by atoms with Gasteiger partial charge in [0.05, 0.1) is 0 Å². The van der Waals surface area contributed by atoms with Crippen molar-refractivity contribution in [1.29, 1.82) is 0 Å². The number of rotatable bonds is 13. The summed E-state index contributed by atoms with van der Waals surface area (Å²) < 4.78 is 0. The lowest BCUT2D eigenvalue weighted by molar-refractivity contribution is -0.241. The third kappa shape index (κ3) is 7.88. The highest BCUT2D eigenvalue weighted by atomic mass is 16.5. The summed E-state index contributed by atoms with van der Waals surface area (Å²) in [6, 6.07) is 0.152. The van der Waals surface area contributed by atoms with Crippen LogP contribution < -0.4 is 5.32 Å². The van der Waals surface area contributed by atoms with Gasteiger partial charge in [0.25, 0.3) is 5.79 Å². The van der Waals surface area contributed by atoms with Gasteiger partial charge in [-0.25, -0.2) is 4.79 Å². The van der Waals surface area contributed by atoms with E-state index in [2.05, 4.69) is 24.4 Å². The first kappa shape index (κ1) is 26.4. The van der Waals surface area contributed by atoms with Gasteiger partial charge in [0, 0.05) is 24.3 Å². The van der Waals surface area contributed by atoms with Crippen LogP contribution in [0.15, 0.2) is 24.3 Å². The van der Waals surface area contributed by atoms with Crippen molar-refractivity contribution < 1.29 is 24.9 Å². The fourth-order valence-electron chi connectivity index (χ4n) is 4.13. The molecule has 4 N–H and O–H groups in total. The highest BCUT2D eigenvalue weighted by molar-refractivity contribution is 5.76. The zero-order chi connectivity index (χ0) is 22.8. The first-order chi connectivity index (χ1) is 14.0. The molecular formula is C24H41NO5. The lowest BCUT2D eigenvalue weighted by atomic mass is 9.79. The van der Waals surface area contributed by atoms with Crippen LogP contribution in [-0.2, 0) is 9.59 Å². The molecule has 0 aliphatic heterocycles.